The molecule has 0 unspecified atom stereocenters. The maximum Gasteiger partial charge on any atom is 0.425 e. The van der Waals surface area contributed by atoms with E-state index >= 15 is 0 Å². The van der Waals surface area contributed by atoms with Crippen LogP contribution in [0.2, 0.25) is 0 Å². The molecule has 0 saturated carbocycles. The largest absolute Gasteiger partial charge is 0.425 e. The van der Waals surface area contributed by atoms with Gasteiger partial charge in [-0.15, -0.1) is 11.3 Å². The van der Waals surface area contributed by atoms with Gasteiger partial charge in [-0.1, -0.05) is 0 Å². The van der Waals surface area contributed by atoms with Crippen molar-refractivity contribution in [3.05, 3.63) is 21.4 Å². The summed E-state index contributed by atoms with van der Waals surface area (Å²) in [5, 5.41) is 3.19. The molecule has 5 heteroatoms. The quantitative estimate of drug-likeness (QED) is 0.805. The molecule has 0 fully saturated rings. The van der Waals surface area contributed by atoms with Gasteiger partial charge in [0, 0.05) is 10.4 Å². The minimum Gasteiger partial charge on any atom is -0.314 e. The fourth-order valence-electron chi connectivity index (χ4n) is 2.03. The van der Waals surface area contributed by atoms with Crippen LogP contribution in [0, 0.1) is 0 Å². The van der Waals surface area contributed by atoms with Gasteiger partial charge in [-0.3, -0.25) is 0 Å². The second-order valence-electron chi connectivity index (χ2n) is 4.54. The van der Waals surface area contributed by atoms with Gasteiger partial charge in [0.15, 0.2) is 0 Å². The summed E-state index contributed by atoms with van der Waals surface area (Å²) in [6.07, 6.45) is -1.87. The lowest BCUT2D eigenvalue weighted by Crippen LogP contribution is -2.44. The predicted molar refractivity (Wildman–Crippen MR) is 58.8 cm³/mol. The van der Waals surface area contributed by atoms with E-state index in [4.69, 9.17) is 0 Å². The second-order valence-corrected chi connectivity index (χ2v) is 5.68. The molecule has 1 aromatic heterocycles. The highest BCUT2D eigenvalue weighted by Gasteiger charge is 2.37. The third-order valence-corrected chi connectivity index (χ3v) is 4.50. The Morgan fingerprint density at radius 1 is 1.44 bits per heavy atom. The van der Waals surface area contributed by atoms with Crippen molar-refractivity contribution in [1.82, 2.24) is 5.32 Å². The Kier molecular flexibility index (Phi) is 2.78. The highest BCUT2D eigenvalue weighted by atomic mass is 32.1. The van der Waals surface area contributed by atoms with Gasteiger partial charge < -0.3 is 5.32 Å². The van der Waals surface area contributed by atoms with Gasteiger partial charge in [-0.2, -0.15) is 13.2 Å². The number of nitrogens with one attached hydrogen (secondary N) is 1. The van der Waals surface area contributed by atoms with Crippen molar-refractivity contribution in [2.75, 3.05) is 7.05 Å². The summed E-state index contributed by atoms with van der Waals surface area (Å²) in [7, 11) is 1.86. The van der Waals surface area contributed by atoms with Gasteiger partial charge in [-0.05, 0) is 44.9 Å². The van der Waals surface area contributed by atoms with Crippen LogP contribution in [0.15, 0.2) is 6.07 Å². The molecular weight excluding hydrogens is 235 g/mol. The van der Waals surface area contributed by atoms with Crippen molar-refractivity contribution in [3.8, 4) is 0 Å². The van der Waals surface area contributed by atoms with E-state index in [1.54, 1.807) is 0 Å². The molecule has 1 nitrogen and oxygen atoms in total. The maximum absolute atomic E-state index is 12.5. The monoisotopic (exact) mass is 249 g/mol. The van der Waals surface area contributed by atoms with Gasteiger partial charge in [-0.25, -0.2) is 0 Å². The lowest BCUT2D eigenvalue weighted by molar-refractivity contribution is -0.134. The first kappa shape index (κ1) is 11.9. The number of alkyl halides is 3. The van der Waals surface area contributed by atoms with Crippen LogP contribution < -0.4 is 5.32 Å². The Bertz CT molecular complexity index is 396. The molecule has 2 rings (SSSR count). The summed E-state index contributed by atoms with van der Waals surface area (Å²) in [4.78, 5) is 0.424. The fourth-order valence-corrected chi connectivity index (χ4v) is 3.30. The summed E-state index contributed by atoms with van der Waals surface area (Å²) < 4.78 is 37.6. The number of hydrogen-bond donors (Lipinski definition) is 1. The van der Waals surface area contributed by atoms with Crippen LogP contribution in [0.5, 0.6) is 0 Å². The van der Waals surface area contributed by atoms with E-state index in [2.05, 4.69) is 12.2 Å². The molecule has 0 spiro atoms. The van der Waals surface area contributed by atoms with Crippen molar-refractivity contribution in [2.24, 2.45) is 0 Å². The van der Waals surface area contributed by atoms with Crippen molar-refractivity contribution < 1.29 is 13.2 Å². The van der Waals surface area contributed by atoms with Gasteiger partial charge >= 0.3 is 6.18 Å². The number of hydrogen-bond acceptors (Lipinski definition) is 2. The SMILES string of the molecule is CN[C@]1(C)CCc2cc(C(F)(F)F)sc2C1. The number of thiophene rings is 1. The Labute approximate surface area is 96.7 Å². The zero-order chi connectivity index (χ0) is 12.0. The molecule has 0 bridgehead atoms. The van der Waals surface area contributed by atoms with Crippen molar-refractivity contribution in [2.45, 2.75) is 37.9 Å². The van der Waals surface area contributed by atoms with E-state index in [1.807, 2.05) is 7.05 Å². The lowest BCUT2D eigenvalue weighted by atomic mass is 9.83. The van der Waals surface area contributed by atoms with Crippen LogP contribution in [-0.2, 0) is 19.0 Å². The van der Waals surface area contributed by atoms with E-state index in [0.29, 0.717) is 6.42 Å². The molecule has 0 amide bonds. The fraction of sp³-hybridized carbons (Fsp3) is 0.636. The molecule has 1 aliphatic carbocycles. The third kappa shape index (κ3) is 2.11. The molecule has 1 atom stereocenters. The first-order valence-electron chi connectivity index (χ1n) is 5.22. The van der Waals surface area contributed by atoms with E-state index < -0.39 is 11.1 Å². The van der Waals surface area contributed by atoms with Crippen LogP contribution in [0.1, 0.15) is 28.7 Å². The van der Waals surface area contributed by atoms with Gasteiger partial charge in [0.05, 0.1) is 0 Å². The van der Waals surface area contributed by atoms with Crippen LogP contribution >= 0.6 is 11.3 Å². The van der Waals surface area contributed by atoms with Crippen molar-refractivity contribution in [1.29, 1.82) is 0 Å². The van der Waals surface area contributed by atoms with Crippen LogP contribution in [0.25, 0.3) is 0 Å². The average molecular weight is 249 g/mol. The van der Waals surface area contributed by atoms with Crippen molar-refractivity contribution in [3.63, 3.8) is 0 Å². The van der Waals surface area contributed by atoms with Crippen LogP contribution in [0.3, 0.4) is 0 Å². The smallest absolute Gasteiger partial charge is 0.314 e. The van der Waals surface area contributed by atoms with Crippen LogP contribution in [0.4, 0.5) is 13.2 Å². The zero-order valence-corrected chi connectivity index (χ0v) is 10.1. The molecule has 0 aliphatic heterocycles. The number of rotatable bonds is 1. The molecule has 1 N–H and O–H groups in total. The molecule has 0 radical (unpaired) electrons. The van der Waals surface area contributed by atoms with Crippen LogP contribution in [-0.4, -0.2) is 12.6 Å². The third-order valence-electron chi connectivity index (χ3n) is 3.28. The predicted octanol–water partition coefficient (Wildman–Crippen LogP) is 3.23. The summed E-state index contributed by atoms with van der Waals surface area (Å²) >= 11 is 0.895. The minimum absolute atomic E-state index is 0.0548. The summed E-state index contributed by atoms with van der Waals surface area (Å²) in [6.45, 7) is 2.06. The first-order chi connectivity index (χ1) is 7.34. The molecule has 16 heavy (non-hydrogen) atoms. The Hall–Kier alpha value is -0.550. The molecule has 90 valence electrons. The zero-order valence-electron chi connectivity index (χ0n) is 9.24. The van der Waals surface area contributed by atoms with E-state index in [1.165, 1.54) is 6.07 Å². The molecule has 1 heterocycles. The minimum atomic E-state index is -4.20. The Morgan fingerprint density at radius 3 is 2.69 bits per heavy atom. The highest BCUT2D eigenvalue weighted by molar-refractivity contribution is 7.12. The molecule has 1 aromatic rings. The summed E-state index contributed by atoms with van der Waals surface area (Å²) in [6, 6.07) is 1.31. The number of aryl methyl sites for hydroxylation is 1. The average Bonchev–Trinajstić information content (AvgIpc) is 2.60. The standard InChI is InChI=1S/C11H14F3NS/c1-10(15-2)4-3-7-5-9(11(12,13)14)16-8(7)6-10/h5,15H,3-4,6H2,1-2H3/t10-/m1/s1. The Balaban J connectivity index is 2.30. The summed E-state index contributed by atoms with van der Waals surface area (Å²) in [5.41, 5.74) is 0.825. The Morgan fingerprint density at radius 2 is 2.12 bits per heavy atom. The normalized spacial score (nSPS) is 25.6. The van der Waals surface area contributed by atoms with Gasteiger partial charge in [0.1, 0.15) is 4.88 Å². The molecule has 1 aliphatic rings. The number of likely N-dealkylation sites (N-methyl/N-ethyl adjacent to an activating group) is 1. The van der Waals surface area contributed by atoms with E-state index in [9.17, 15) is 13.2 Å². The molecule has 0 saturated heterocycles. The first-order valence-corrected chi connectivity index (χ1v) is 6.03. The number of fused-ring (bicyclic) bond motifs is 1. The second kappa shape index (κ2) is 3.74. The molecule has 0 aromatic carbocycles. The van der Waals surface area contributed by atoms with Gasteiger partial charge in [0.25, 0.3) is 0 Å². The highest BCUT2D eigenvalue weighted by Crippen LogP contribution is 2.41. The topological polar surface area (TPSA) is 12.0 Å². The van der Waals surface area contributed by atoms with Gasteiger partial charge in [0.2, 0.25) is 0 Å². The van der Waals surface area contributed by atoms with E-state index in [-0.39, 0.29) is 5.54 Å². The number of halogens is 3. The summed E-state index contributed by atoms with van der Waals surface area (Å²) in [5.74, 6) is 0. The van der Waals surface area contributed by atoms with Crippen molar-refractivity contribution >= 4 is 11.3 Å². The lowest BCUT2D eigenvalue weighted by Gasteiger charge is -2.33. The maximum atomic E-state index is 12.5. The molecular formula is C11H14F3NS. The van der Waals surface area contributed by atoms with E-state index in [0.717, 1.165) is 34.6 Å².